The van der Waals surface area contributed by atoms with Crippen molar-refractivity contribution in [3.05, 3.63) is 12.4 Å². The van der Waals surface area contributed by atoms with E-state index in [0.29, 0.717) is 13.1 Å². The van der Waals surface area contributed by atoms with Crippen molar-refractivity contribution in [3.63, 3.8) is 0 Å². The monoisotopic (exact) mass is 475 g/mol. The van der Waals surface area contributed by atoms with E-state index in [1.54, 1.807) is 22.8 Å². The van der Waals surface area contributed by atoms with Gasteiger partial charge < -0.3 is 15.1 Å². The number of carbonyl (C=O) groups is 1. The number of halogens is 1. The van der Waals surface area contributed by atoms with Crippen molar-refractivity contribution in [2.24, 2.45) is 12.0 Å². The maximum Gasteiger partial charge on any atom is 0.246 e. The lowest BCUT2D eigenvalue weighted by atomic mass is 10.3. The highest BCUT2D eigenvalue weighted by molar-refractivity contribution is 14.0. The Morgan fingerprint density at radius 1 is 1.42 bits per heavy atom. The minimum atomic E-state index is 0. The molecule has 8 nitrogen and oxygen atoms in total. The summed E-state index contributed by atoms with van der Waals surface area (Å²) < 4.78 is 1.72. The Hall–Kier alpha value is -1.36. The van der Waals surface area contributed by atoms with E-state index in [-0.39, 0.29) is 29.9 Å². The molecule has 0 bridgehead atoms. The van der Waals surface area contributed by atoms with Crippen molar-refractivity contribution in [3.8, 4) is 0 Å². The Kier molecular flexibility index (Phi) is 7.69. The molecule has 2 fully saturated rings. The molecule has 26 heavy (non-hydrogen) atoms. The van der Waals surface area contributed by atoms with Gasteiger partial charge in [-0.3, -0.25) is 19.4 Å². The van der Waals surface area contributed by atoms with Crippen LogP contribution < -0.4 is 10.2 Å². The number of aryl methyl sites for hydroxylation is 1. The lowest BCUT2D eigenvalue weighted by molar-refractivity contribution is -0.120. The maximum absolute atomic E-state index is 12.5. The van der Waals surface area contributed by atoms with E-state index < -0.39 is 0 Å². The average molecular weight is 475 g/mol. The molecule has 0 atom stereocenters. The number of aliphatic imine (C=N–C) groups is 1. The van der Waals surface area contributed by atoms with E-state index in [2.05, 4.69) is 27.2 Å². The van der Waals surface area contributed by atoms with Crippen LogP contribution in [0.1, 0.15) is 19.8 Å². The van der Waals surface area contributed by atoms with Gasteiger partial charge in [0.25, 0.3) is 0 Å². The molecule has 1 saturated carbocycles. The summed E-state index contributed by atoms with van der Waals surface area (Å²) in [6.45, 7) is 6.93. The quantitative estimate of drug-likeness (QED) is 0.374. The van der Waals surface area contributed by atoms with Crippen molar-refractivity contribution in [2.45, 2.75) is 25.8 Å². The Labute approximate surface area is 172 Å². The molecule has 9 heteroatoms. The highest BCUT2D eigenvalue weighted by Crippen LogP contribution is 2.25. The number of amides is 1. The van der Waals surface area contributed by atoms with Gasteiger partial charge >= 0.3 is 0 Å². The van der Waals surface area contributed by atoms with Crippen LogP contribution in [0.3, 0.4) is 0 Å². The van der Waals surface area contributed by atoms with Gasteiger partial charge in [0.1, 0.15) is 6.54 Å². The van der Waals surface area contributed by atoms with Crippen LogP contribution in [0.15, 0.2) is 17.4 Å². The van der Waals surface area contributed by atoms with Crippen molar-refractivity contribution < 1.29 is 4.79 Å². The molecule has 2 aliphatic rings. The number of hydrogen-bond donors (Lipinski definition) is 1. The largest absolute Gasteiger partial charge is 0.355 e. The van der Waals surface area contributed by atoms with Crippen LogP contribution in [0.25, 0.3) is 0 Å². The standard InChI is InChI=1S/C17H29N7O.HI/c1-4-22(14-5-6-14)8-7-19-17(18-2)23-9-10-24(16(25)13-23)15-11-20-21(3)12-15;/h11-12,14H,4-10,13H2,1-3H3,(H,18,19);1H. The van der Waals surface area contributed by atoms with Crippen LogP contribution in [0.4, 0.5) is 5.69 Å². The highest BCUT2D eigenvalue weighted by Gasteiger charge is 2.29. The summed E-state index contributed by atoms with van der Waals surface area (Å²) in [6, 6.07) is 0.776. The highest BCUT2D eigenvalue weighted by atomic mass is 127. The topological polar surface area (TPSA) is 69.0 Å². The zero-order chi connectivity index (χ0) is 17.8. The number of nitrogens with zero attached hydrogens (tertiary/aromatic N) is 6. The summed E-state index contributed by atoms with van der Waals surface area (Å²) in [5.74, 6) is 0.890. The van der Waals surface area contributed by atoms with Gasteiger partial charge in [0.15, 0.2) is 5.96 Å². The number of guanidine groups is 1. The number of rotatable bonds is 6. The Morgan fingerprint density at radius 3 is 2.73 bits per heavy atom. The first-order valence-corrected chi connectivity index (χ1v) is 9.11. The zero-order valence-electron chi connectivity index (χ0n) is 15.9. The molecule has 0 spiro atoms. The van der Waals surface area contributed by atoms with Crippen LogP contribution in [-0.2, 0) is 11.8 Å². The Balaban J connectivity index is 0.00000243. The van der Waals surface area contributed by atoms with E-state index in [1.807, 2.05) is 18.1 Å². The lowest BCUT2D eigenvalue weighted by Gasteiger charge is -2.35. The van der Waals surface area contributed by atoms with Gasteiger partial charge in [0.05, 0.1) is 11.9 Å². The molecule has 0 radical (unpaired) electrons. The van der Waals surface area contributed by atoms with Crippen LogP contribution in [0, 0.1) is 0 Å². The van der Waals surface area contributed by atoms with E-state index in [9.17, 15) is 4.79 Å². The molecule has 146 valence electrons. The predicted molar refractivity (Wildman–Crippen MR) is 114 cm³/mol. The summed E-state index contributed by atoms with van der Waals surface area (Å²) in [5, 5.41) is 7.56. The third-order valence-corrected chi connectivity index (χ3v) is 4.89. The van der Waals surface area contributed by atoms with Crippen molar-refractivity contribution in [2.75, 3.05) is 51.2 Å². The molecule has 1 amide bonds. The molecule has 1 saturated heterocycles. The molecular weight excluding hydrogens is 445 g/mol. The summed E-state index contributed by atoms with van der Waals surface area (Å²) in [7, 11) is 3.63. The van der Waals surface area contributed by atoms with E-state index in [1.165, 1.54) is 12.8 Å². The second-order valence-corrected chi connectivity index (χ2v) is 6.67. The molecule has 3 rings (SSSR count). The van der Waals surface area contributed by atoms with E-state index in [0.717, 1.165) is 43.9 Å². The smallest absolute Gasteiger partial charge is 0.246 e. The first kappa shape index (κ1) is 20.9. The summed E-state index contributed by atoms with van der Waals surface area (Å²) in [4.78, 5) is 23.2. The number of likely N-dealkylation sites (N-methyl/N-ethyl adjacent to an activating group) is 1. The molecule has 1 aliphatic carbocycles. The number of piperazine rings is 1. The molecule has 1 aliphatic heterocycles. The lowest BCUT2D eigenvalue weighted by Crippen LogP contribution is -2.56. The van der Waals surface area contributed by atoms with Crippen LogP contribution in [-0.4, -0.2) is 83.8 Å². The number of anilines is 1. The van der Waals surface area contributed by atoms with Gasteiger partial charge in [-0.2, -0.15) is 5.10 Å². The number of carbonyl (C=O) groups excluding carboxylic acids is 1. The summed E-state index contributed by atoms with van der Waals surface area (Å²) in [5.41, 5.74) is 0.859. The fourth-order valence-electron chi connectivity index (χ4n) is 3.36. The minimum Gasteiger partial charge on any atom is -0.355 e. The third-order valence-electron chi connectivity index (χ3n) is 4.89. The van der Waals surface area contributed by atoms with Crippen molar-refractivity contribution in [1.29, 1.82) is 0 Å². The SMILES string of the molecule is CCN(CCNC(=NC)N1CCN(c2cnn(C)c2)C(=O)C1)C1CC1.I. The number of nitrogens with one attached hydrogen (secondary N) is 1. The van der Waals surface area contributed by atoms with Gasteiger partial charge in [0.2, 0.25) is 5.91 Å². The molecule has 2 heterocycles. The van der Waals surface area contributed by atoms with E-state index in [4.69, 9.17) is 0 Å². The summed E-state index contributed by atoms with van der Waals surface area (Å²) >= 11 is 0. The number of aromatic nitrogens is 2. The van der Waals surface area contributed by atoms with Gasteiger partial charge in [-0.25, -0.2) is 0 Å². The second kappa shape index (κ2) is 9.54. The van der Waals surface area contributed by atoms with Gasteiger partial charge in [-0.15, -0.1) is 24.0 Å². The molecule has 1 N–H and O–H groups in total. The molecule has 1 aromatic rings. The molecular formula is C17H30IN7O. The molecule has 1 aromatic heterocycles. The fraction of sp³-hybridized carbons (Fsp3) is 0.706. The molecule has 0 unspecified atom stereocenters. The first-order chi connectivity index (χ1) is 12.1. The van der Waals surface area contributed by atoms with E-state index >= 15 is 0 Å². The van der Waals surface area contributed by atoms with Crippen LogP contribution in [0.5, 0.6) is 0 Å². The Morgan fingerprint density at radius 2 is 2.19 bits per heavy atom. The summed E-state index contributed by atoms with van der Waals surface area (Å²) in [6.07, 6.45) is 6.26. The van der Waals surface area contributed by atoms with Crippen LogP contribution in [0.2, 0.25) is 0 Å². The molecule has 0 aromatic carbocycles. The minimum absolute atomic E-state index is 0. The average Bonchev–Trinajstić information content (AvgIpc) is 3.36. The zero-order valence-corrected chi connectivity index (χ0v) is 18.2. The second-order valence-electron chi connectivity index (χ2n) is 6.67. The van der Waals surface area contributed by atoms with Gasteiger partial charge in [-0.05, 0) is 19.4 Å². The van der Waals surface area contributed by atoms with Crippen molar-refractivity contribution in [1.82, 2.24) is 24.9 Å². The predicted octanol–water partition coefficient (Wildman–Crippen LogP) is 0.746. The first-order valence-electron chi connectivity index (χ1n) is 9.11. The number of hydrogen-bond acceptors (Lipinski definition) is 4. The normalized spacial score (nSPS) is 18.3. The van der Waals surface area contributed by atoms with Crippen molar-refractivity contribution >= 4 is 41.5 Å². The van der Waals surface area contributed by atoms with Crippen LogP contribution >= 0.6 is 24.0 Å². The van der Waals surface area contributed by atoms with Gasteiger partial charge in [-0.1, -0.05) is 6.92 Å². The fourth-order valence-corrected chi connectivity index (χ4v) is 3.36. The maximum atomic E-state index is 12.5. The van der Waals surface area contributed by atoms with Gasteiger partial charge in [0, 0.05) is 52.5 Å². The Bertz CT molecular complexity index is 628. The third kappa shape index (κ3) is 5.09.